The van der Waals surface area contributed by atoms with Gasteiger partial charge < -0.3 is 16.0 Å². The van der Waals surface area contributed by atoms with Crippen LogP contribution in [0.15, 0.2) is 42.5 Å². The second-order valence-corrected chi connectivity index (χ2v) is 11.1. The smallest absolute Gasteiger partial charge is 0.397 e. The van der Waals surface area contributed by atoms with Gasteiger partial charge in [-0.15, -0.1) is 0 Å². The van der Waals surface area contributed by atoms with Crippen LogP contribution >= 0.6 is 12.2 Å². The van der Waals surface area contributed by atoms with Gasteiger partial charge in [0, 0.05) is 12.0 Å². The summed E-state index contributed by atoms with van der Waals surface area (Å²) < 4.78 is 40.7. The number of hydrogen-bond donors (Lipinski definition) is 2. The zero-order valence-electron chi connectivity index (χ0n) is 20.1. The number of benzene rings is 2. The van der Waals surface area contributed by atoms with Gasteiger partial charge in [0.05, 0.1) is 34.3 Å². The van der Waals surface area contributed by atoms with E-state index in [1.54, 1.807) is 44.2 Å². The van der Waals surface area contributed by atoms with Crippen molar-refractivity contribution in [1.82, 2.24) is 4.90 Å². The van der Waals surface area contributed by atoms with Crippen molar-refractivity contribution in [3.63, 3.8) is 0 Å². The van der Waals surface area contributed by atoms with Crippen LogP contribution < -0.4 is 16.0 Å². The number of para-hydroxylation sites is 2. The van der Waals surface area contributed by atoms with Crippen molar-refractivity contribution < 1.29 is 22.8 Å². The molecular formula is C26H24F3N5O2S. The molecule has 6 rings (SSSR count). The van der Waals surface area contributed by atoms with Crippen LogP contribution in [0.2, 0.25) is 0 Å². The normalized spacial score (nSPS) is 25.8. The number of nitrogens with two attached hydrogens (primary N) is 1. The Labute approximate surface area is 217 Å². The minimum Gasteiger partial charge on any atom is -0.397 e. The van der Waals surface area contributed by atoms with Gasteiger partial charge in [0.15, 0.2) is 5.11 Å². The molecule has 2 aromatic rings. The maximum atomic E-state index is 13.6. The number of nitrogens with one attached hydrogen (secondary N) is 1. The quantitative estimate of drug-likeness (QED) is 0.427. The average Bonchev–Trinajstić information content (AvgIpc) is 2.94. The second-order valence-electron chi connectivity index (χ2n) is 10.7. The number of nitriles is 1. The minimum atomic E-state index is -4.76. The van der Waals surface area contributed by atoms with Gasteiger partial charge in [0.25, 0.3) is 5.91 Å². The first-order valence-corrected chi connectivity index (χ1v) is 12.1. The molecule has 1 aliphatic heterocycles. The molecule has 0 aromatic heterocycles. The van der Waals surface area contributed by atoms with Crippen molar-refractivity contribution >= 4 is 46.2 Å². The summed E-state index contributed by atoms with van der Waals surface area (Å²) in [6.07, 6.45) is -2.53. The Hall–Kier alpha value is -3.65. The highest BCUT2D eigenvalue weighted by molar-refractivity contribution is 7.80. The molecule has 0 atom stereocenters. The van der Waals surface area contributed by atoms with E-state index in [0.717, 1.165) is 17.0 Å². The number of nitrogens with zero attached hydrogens (tertiary/aromatic N) is 3. The SMILES string of the molecule is CC1(C)C(=O)N(c2ccc(C#N)c(C(F)(F)F)c2)C(=S)N1C12CC(CC(=O)Nc3ccccc3N)(C1)C2. The van der Waals surface area contributed by atoms with E-state index >= 15 is 0 Å². The molecule has 0 spiro atoms. The summed E-state index contributed by atoms with van der Waals surface area (Å²) in [6, 6.07) is 11.7. The lowest BCUT2D eigenvalue weighted by Gasteiger charge is -2.74. The van der Waals surface area contributed by atoms with Gasteiger partial charge in [-0.05, 0) is 81.1 Å². The third kappa shape index (κ3) is 3.73. The summed E-state index contributed by atoms with van der Waals surface area (Å²) in [5.41, 5.74) is 3.53. The number of carbonyl (C=O) groups is 2. The third-order valence-corrected chi connectivity index (χ3v) is 8.08. The lowest BCUT2D eigenvalue weighted by atomic mass is 9.37. The standard InChI is InChI=1S/C26H24F3N5O2S/c1-23(2)21(36)33(16-8-7-15(11-30)17(9-16)26(27,28)29)22(37)34(23)25-12-24(13-25,14-25)10-20(35)32-19-6-4-3-5-18(19)31/h3-9H,10,12-14,31H2,1-2H3,(H,32,35). The Bertz CT molecular complexity index is 1380. The number of nitrogen functional groups attached to an aromatic ring is 1. The zero-order chi connectivity index (χ0) is 27.0. The van der Waals surface area contributed by atoms with Crippen LogP contribution in [0.1, 0.15) is 50.7 Å². The number of amides is 2. The van der Waals surface area contributed by atoms with E-state index < -0.39 is 34.3 Å². The number of anilines is 3. The van der Waals surface area contributed by atoms with Crippen LogP contribution in [-0.4, -0.2) is 32.9 Å². The first kappa shape index (κ1) is 25.0. The number of carbonyl (C=O) groups excluding carboxylic acids is 2. The van der Waals surface area contributed by atoms with Crippen LogP contribution in [-0.2, 0) is 15.8 Å². The van der Waals surface area contributed by atoms with Crippen LogP contribution in [0.4, 0.5) is 30.2 Å². The number of hydrogen-bond acceptors (Lipinski definition) is 5. The summed E-state index contributed by atoms with van der Waals surface area (Å²) in [5, 5.41) is 12.1. The van der Waals surface area contributed by atoms with E-state index in [9.17, 15) is 22.8 Å². The molecule has 7 nitrogen and oxygen atoms in total. The average molecular weight is 528 g/mol. The molecule has 4 fully saturated rings. The molecule has 1 saturated heterocycles. The van der Waals surface area contributed by atoms with Gasteiger partial charge in [-0.3, -0.25) is 14.5 Å². The summed E-state index contributed by atoms with van der Waals surface area (Å²) in [6.45, 7) is 3.40. The van der Waals surface area contributed by atoms with Gasteiger partial charge >= 0.3 is 6.18 Å². The first-order valence-electron chi connectivity index (χ1n) is 11.7. The molecule has 192 valence electrons. The van der Waals surface area contributed by atoms with Crippen molar-refractivity contribution in [2.45, 2.75) is 56.8 Å². The first-order chi connectivity index (χ1) is 17.2. The van der Waals surface area contributed by atoms with E-state index in [4.69, 9.17) is 23.2 Å². The molecule has 4 aliphatic rings. The molecule has 2 amide bonds. The maximum Gasteiger partial charge on any atom is 0.417 e. The topological polar surface area (TPSA) is 102 Å². The van der Waals surface area contributed by atoms with E-state index in [-0.39, 0.29) is 22.1 Å². The Morgan fingerprint density at radius 1 is 1.19 bits per heavy atom. The van der Waals surface area contributed by atoms with Crippen LogP contribution in [0, 0.1) is 16.7 Å². The second kappa shape index (κ2) is 7.92. The van der Waals surface area contributed by atoms with Crippen molar-refractivity contribution in [3.05, 3.63) is 53.6 Å². The van der Waals surface area contributed by atoms with E-state index in [1.165, 1.54) is 6.07 Å². The maximum absolute atomic E-state index is 13.6. The summed E-state index contributed by atoms with van der Waals surface area (Å²) in [7, 11) is 0. The summed E-state index contributed by atoms with van der Waals surface area (Å²) in [4.78, 5) is 29.1. The van der Waals surface area contributed by atoms with Crippen LogP contribution in [0.25, 0.3) is 0 Å². The molecule has 11 heteroatoms. The largest absolute Gasteiger partial charge is 0.417 e. The van der Waals surface area contributed by atoms with E-state index in [1.807, 2.05) is 4.90 Å². The molecule has 3 N–H and O–H groups in total. The highest BCUT2D eigenvalue weighted by Gasteiger charge is 2.74. The fraction of sp³-hybridized carbons (Fsp3) is 0.385. The predicted molar refractivity (Wildman–Crippen MR) is 135 cm³/mol. The van der Waals surface area contributed by atoms with Gasteiger partial charge in [-0.25, -0.2) is 0 Å². The fourth-order valence-corrected chi connectivity index (χ4v) is 6.94. The molecule has 3 saturated carbocycles. The zero-order valence-corrected chi connectivity index (χ0v) is 21.0. The molecule has 0 radical (unpaired) electrons. The molecule has 2 bridgehead atoms. The number of halogens is 3. The van der Waals surface area contributed by atoms with Crippen LogP contribution in [0.5, 0.6) is 0 Å². The highest BCUT2D eigenvalue weighted by Crippen LogP contribution is 2.73. The number of thiocarbonyl (C=S) groups is 1. The molecular weight excluding hydrogens is 503 g/mol. The monoisotopic (exact) mass is 527 g/mol. The third-order valence-electron chi connectivity index (χ3n) is 7.71. The van der Waals surface area contributed by atoms with Gasteiger partial charge in [0.1, 0.15) is 5.54 Å². The lowest BCUT2D eigenvalue weighted by molar-refractivity contribution is -0.214. The number of rotatable bonds is 5. The van der Waals surface area contributed by atoms with Crippen molar-refractivity contribution in [1.29, 1.82) is 5.26 Å². The molecule has 3 aliphatic carbocycles. The van der Waals surface area contributed by atoms with Crippen LogP contribution in [0.3, 0.4) is 0 Å². The predicted octanol–water partition coefficient (Wildman–Crippen LogP) is 4.82. The van der Waals surface area contributed by atoms with Crippen molar-refractivity contribution in [2.75, 3.05) is 16.0 Å². The van der Waals surface area contributed by atoms with Crippen molar-refractivity contribution in [3.8, 4) is 6.07 Å². The minimum absolute atomic E-state index is 0.0296. The van der Waals surface area contributed by atoms with Gasteiger partial charge in [-0.2, -0.15) is 18.4 Å². The molecule has 2 aromatic carbocycles. The molecule has 0 unspecified atom stereocenters. The lowest BCUT2D eigenvalue weighted by Crippen LogP contribution is -2.78. The summed E-state index contributed by atoms with van der Waals surface area (Å²) in [5.74, 6) is -0.587. The Kier molecular flexibility index (Phi) is 5.36. The fourth-order valence-electron chi connectivity index (χ4n) is 6.33. The Morgan fingerprint density at radius 2 is 1.84 bits per heavy atom. The molecule has 1 heterocycles. The number of alkyl halides is 3. The Balaban J connectivity index is 1.34. The summed E-state index contributed by atoms with van der Waals surface area (Å²) >= 11 is 5.66. The van der Waals surface area contributed by atoms with Gasteiger partial charge in [0.2, 0.25) is 5.91 Å². The van der Waals surface area contributed by atoms with E-state index in [2.05, 4.69) is 5.32 Å². The van der Waals surface area contributed by atoms with Crippen molar-refractivity contribution in [2.24, 2.45) is 5.41 Å². The molecule has 37 heavy (non-hydrogen) atoms. The highest BCUT2D eigenvalue weighted by atomic mass is 32.1. The Morgan fingerprint density at radius 3 is 2.43 bits per heavy atom. The van der Waals surface area contributed by atoms with E-state index in [0.29, 0.717) is 37.1 Å². The van der Waals surface area contributed by atoms with Gasteiger partial charge in [-0.1, -0.05) is 12.1 Å².